The molecule has 0 spiro atoms. The van der Waals surface area contributed by atoms with Crippen LogP contribution in [0.15, 0.2) is 0 Å². The molecule has 1 unspecified atom stereocenters. The molecule has 0 bridgehead atoms. The van der Waals surface area contributed by atoms with E-state index in [4.69, 9.17) is 9.88 Å². The van der Waals surface area contributed by atoms with Gasteiger partial charge in [-0.25, -0.2) is 18.4 Å². The molecule has 0 saturated carbocycles. The lowest BCUT2D eigenvalue weighted by molar-refractivity contribution is 0.0148. The summed E-state index contributed by atoms with van der Waals surface area (Å²) in [7, 11) is -3.67. The Bertz CT molecular complexity index is 465. The minimum atomic E-state index is -3.67. The van der Waals surface area contributed by atoms with Gasteiger partial charge in [0.15, 0.2) is 0 Å². The van der Waals surface area contributed by atoms with Crippen LogP contribution in [0.5, 0.6) is 0 Å². The molecule has 0 aromatic carbocycles. The third-order valence-corrected chi connectivity index (χ3v) is 5.59. The van der Waals surface area contributed by atoms with Gasteiger partial charge < -0.3 is 9.64 Å². The van der Waals surface area contributed by atoms with Crippen molar-refractivity contribution in [3.63, 3.8) is 0 Å². The van der Waals surface area contributed by atoms with Crippen LogP contribution >= 0.6 is 0 Å². The van der Waals surface area contributed by atoms with E-state index in [9.17, 15) is 13.2 Å². The maximum atomic E-state index is 12.1. The number of amides is 1. The maximum Gasteiger partial charge on any atom is 0.410 e. The number of sulfonamides is 1. The molecule has 1 aliphatic rings. The summed E-state index contributed by atoms with van der Waals surface area (Å²) in [6, 6.07) is 0. The van der Waals surface area contributed by atoms with Gasteiger partial charge in [0.1, 0.15) is 5.60 Å². The average Bonchev–Trinajstić information content (AvgIpc) is 2.25. The van der Waals surface area contributed by atoms with Crippen LogP contribution in [0.1, 0.15) is 47.5 Å². The Kier molecular flexibility index (Phi) is 4.76. The second-order valence-corrected chi connectivity index (χ2v) is 9.06. The van der Waals surface area contributed by atoms with E-state index < -0.39 is 26.5 Å². The molecule has 118 valence electrons. The summed E-state index contributed by atoms with van der Waals surface area (Å²) in [6.07, 6.45) is 1.10. The van der Waals surface area contributed by atoms with Gasteiger partial charge in [-0.1, -0.05) is 0 Å². The second-order valence-electron chi connectivity index (χ2n) is 6.91. The number of rotatable bonds is 2. The van der Waals surface area contributed by atoms with Crippen molar-refractivity contribution in [2.24, 2.45) is 11.1 Å². The molecule has 0 aliphatic carbocycles. The summed E-state index contributed by atoms with van der Waals surface area (Å²) in [5.74, 6) is -0.182. The number of likely N-dealkylation sites (tertiary alicyclic amines) is 1. The van der Waals surface area contributed by atoms with Gasteiger partial charge in [0.25, 0.3) is 0 Å². The normalized spacial score (nSPS) is 21.7. The molecule has 0 aromatic heterocycles. The van der Waals surface area contributed by atoms with Gasteiger partial charge in [0.2, 0.25) is 10.0 Å². The van der Waals surface area contributed by atoms with Crippen LogP contribution in [0.4, 0.5) is 4.79 Å². The van der Waals surface area contributed by atoms with Gasteiger partial charge in [0.05, 0.1) is 4.75 Å². The number of hydrogen-bond donors (Lipinski definition) is 1. The molecule has 7 heteroatoms. The van der Waals surface area contributed by atoms with Crippen molar-refractivity contribution in [2.45, 2.75) is 57.8 Å². The minimum Gasteiger partial charge on any atom is -0.444 e. The second kappa shape index (κ2) is 5.52. The molecule has 1 amide bonds. The molecule has 0 aromatic rings. The van der Waals surface area contributed by atoms with E-state index >= 15 is 0 Å². The number of primary sulfonamides is 1. The van der Waals surface area contributed by atoms with Crippen molar-refractivity contribution in [3.05, 3.63) is 0 Å². The van der Waals surface area contributed by atoms with Crippen LogP contribution in [-0.4, -0.2) is 42.8 Å². The highest BCUT2D eigenvalue weighted by atomic mass is 32.2. The summed E-state index contributed by atoms with van der Waals surface area (Å²) in [5.41, 5.74) is -0.556. The van der Waals surface area contributed by atoms with Crippen LogP contribution < -0.4 is 5.14 Å². The first kappa shape index (κ1) is 17.2. The summed E-state index contributed by atoms with van der Waals surface area (Å²) in [6.45, 7) is 9.60. The Morgan fingerprint density at radius 2 is 1.80 bits per heavy atom. The molecule has 2 N–H and O–H groups in total. The lowest BCUT2D eigenvalue weighted by Gasteiger charge is -2.40. The zero-order chi connectivity index (χ0) is 15.8. The third kappa shape index (κ3) is 4.09. The molecule has 20 heavy (non-hydrogen) atoms. The number of carbonyl (C=O) groups excluding carboxylic acids is 1. The largest absolute Gasteiger partial charge is 0.444 e. The summed E-state index contributed by atoms with van der Waals surface area (Å²) >= 11 is 0. The van der Waals surface area contributed by atoms with Crippen molar-refractivity contribution in [3.8, 4) is 0 Å². The first-order chi connectivity index (χ1) is 8.84. The van der Waals surface area contributed by atoms with Crippen LogP contribution in [-0.2, 0) is 14.8 Å². The van der Waals surface area contributed by atoms with Gasteiger partial charge in [-0.2, -0.15) is 0 Å². The predicted octanol–water partition coefficient (Wildman–Crippen LogP) is 1.70. The van der Waals surface area contributed by atoms with E-state index in [1.807, 2.05) is 0 Å². The fourth-order valence-electron chi connectivity index (χ4n) is 2.27. The maximum absolute atomic E-state index is 12.1. The molecule has 1 fully saturated rings. The van der Waals surface area contributed by atoms with E-state index in [1.165, 1.54) is 0 Å². The van der Waals surface area contributed by atoms with E-state index in [2.05, 4.69) is 0 Å². The number of piperidine rings is 1. The lowest BCUT2D eigenvalue weighted by Crippen LogP contribution is -2.52. The molecule has 1 saturated heterocycles. The van der Waals surface area contributed by atoms with E-state index in [0.29, 0.717) is 13.1 Å². The molecule has 1 heterocycles. The van der Waals surface area contributed by atoms with Crippen LogP contribution in [0.3, 0.4) is 0 Å². The summed E-state index contributed by atoms with van der Waals surface area (Å²) in [5, 5.41) is 5.30. The first-order valence-corrected chi connectivity index (χ1v) is 8.39. The Morgan fingerprint density at radius 1 is 1.25 bits per heavy atom. The highest BCUT2D eigenvalue weighted by Gasteiger charge is 2.42. The first-order valence-electron chi connectivity index (χ1n) is 6.85. The van der Waals surface area contributed by atoms with E-state index in [-0.39, 0.29) is 5.92 Å². The van der Waals surface area contributed by atoms with Gasteiger partial charge in [-0.15, -0.1) is 0 Å². The van der Waals surface area contributed by atoms with Gasteiger partial charge in [-0.3, -0.25) is 0 Å². The number of carbonyl (C=O) groups is 1. The standard InChI is InChI=1S/C13H26N2O4S/c1-12(2,3)19-11(16)15-8-6-7-10(9-15)13(4,5)20(14,17)18/h10H,6-9H2,1-5H3,(H2,14,17,18). The Balaban J connectivity index is 2.80. The molecule has 6 nitrogen and oxygen atoms in total. The van der Waals surface area contributed by atoms with Gasteiger partial charge in [-0.05, 0) is 53.4 Å². The molecule has 1 atom stereocenters. The third-order valence-electron chi connectivity index (χ3n) is 3.79. The average molecular weight is 306 g/mol. The number of nitrogens with zero attached hydrogens (tertiary/aromatic N) is 1. The Hall–Kier alpha value is -0.820. The molecular formula is C13H26N2O4S. The van der Waals surface area contributed by atoms with E-state index in [1.54, 1.807) is 39.5 Å². The van der Waals surface area contributed by atoms with Gasteiger partial charge >= 0.3 is 6.09 Å². The number of hydrogen-bond acceptors (Lipinski definition) is 4. The monoisotopic (exact) mass is 306 g/mol. The smallest absolute Gasteiger partial charge is 0.410 e. The SMILES string of the molecule is CC(C)(C)OC(=O)N1CCCC(C(C)(C)S(N)(=O)=O)C1. The van der Waals surface area contributed by atoms with E-state index in [0.717, 1.165) is 12.8 Å². The highest BCUT2D eigenvalue weighted by Crippen LogP contribution is 2.32. The molecular weight excluding hydrogens is 280 g/mol. The topological polar surface area (TPSA) is 89.7 Å². The lowest BCUT2D eigenvalue weighted by atomic mass is 9.87. The van der Waals surface area contributed by atoms with Crippen LogP contribution in [0, 0.1) is 5.92 Å². The van der Waals surface area contributed by atoms with Crippen molar-refractivity contribution in [1.29, 1.82) is 0 Å². The van der Waals surface area contributed by atoms with Crippen LogP contribution in [0.25, 0.3) is 0 Å². The van der Waals surface area contributed by atoms with Crippen LogP contribution in [0.2, 0.25) is 0 Å². The Labute approximate surface area is 121 Å². The molecule has 1 aliphatic heterocycles. The van der Waals surface area contributed by atoms with Crippen molar-refractivity contribution in [1.82, 2.24) is 4.90 Å². The van der Waals surface area contributed by atoms with Crippen molar-refractivity contribution >= 4 is 16.1 Å². The van der Waals surface area contributed by atoms with Gasteiger partial charge in [0, 0.05) is 13.1 Å². The summed E-state index contributed by atoms with van der Waals surface area (Å²) < 4.78 is 27.7. The zero-order valence-corrected chi connectivity index (χ0v) is 13.8. The summed E-state index contributed by atoms with van der Waals surface area (Å²) in [4.78, 5) is 13.6. The molecule has 0 radical (unpaired) electrons. The zero-order valence-electron chi connectivity index (χ0n) is 13.0. The quantitative estimate of drug-likeness (QED) is 0.840. The fraction of sp³-hybridized carbons (Fsp3) is 0.923. The minimum absolute atomic E-state index is 0.182. The van der Waals surface area contributed by atoms with Crippen molar-refractivity contribution < 1.29 is 17.9 Å². The molecule has 1 rings (SSSR count). The predicted molar refractivity (Wildman–Crippen MR) is 77.7 cm³/mol. The fourth-order valence-corrected chi connectivity index (χ4v) is 2.93. The highest BCUT2D eigenvalue weighted by molar-refractivity contribution is 7.90. The number of nitrogens with two attached hydrogens (primary N) is 1. The number of ether oxygens (including phenoxy) is 1. The van der Waals surface area contributed by atoms with Crippen molar-refractivity contribution in [2.75, 3.05) is 13.1 Å². The Morgan fingerprint density at radius 3 is 2.25 bits per heavy atom.